The largest absolute Gasteiger partial charge is 0.322 e. The van der Waals surface area contributed by atoms with Crippen molar-refractivity contribution < 1.29 is 17.6 Å². The zero-order chi connectivity index (χ0) is 18.9. The topological polar surface area (TPSA) is 66.5 Å². The Hall–Kier alpha value is -1.48. The van der Waals surface area contributed by atoms with Crippen molar-refractivity contribution in [2.24, 2.45) is 0 Å². The third-order valence-electron chi connectivity index (χ3n) is 4.04. The fourth-order valence-corrected chi connectivity index (χ4v) is 5.16. The van der Waals surface area contributed by atoms with Crippen molar-refractivity contribution in [1.82, 2.24) is 4.31 Å². The van der Waals surface area contributed by atoms with E-state index in [1.165, 1.54) is 34.6 Å². The van der Waals surface area contributed by atoms with Crippen LogP contribution in [0.5, 0.6) is 0 Å². The van der Waals surface area contributed by atoms with Gasteiger partial charge in [0.15, 0.2) is 0 Å². The van der Waals surface area contributed by atoms with Gasteiger partial charge in [0, 0.05) is 23.2 Å². The molecule has 1 fully saturated rings. The van der Waals surface area contributed by atoms with E-state index in [4.69, 9.17) is 11.6 Å². The molecule has 1 N–H and O–H groups in total. The van der Waals surface area contributed by atoms with Crippen LogP contribution >= 0.6 is 27.5 Å². The van der Waals surface area contributed by atoms with Crippen molar-refractivity contribution in [2.75, 3.05) is 18.4 Å². The van der Waals surface area contributed by atoms with Gasteiger partial charge in [-0.15, -0.1) is 0 Å². The van der Waals surface area contributed by atoms with E-state index < -0.39 is 21.7 Å². The minimum atomic E-state index is -3.73. The van der Waals surface area contributed by atoms with Crippen LogP contribution in [0.4, 0.5) is 10.1 Å². The smallest absolute Gasteiger partial charge is 0.256 e. The van der Waals surface area contributed by atoms with Crippen LogP contribution in [0.2, 0.25) is 5.02 Å². The van der Waals surface area contributed by atoms with Gasteiger partial charge in [0.2, 0.25) is 10.0 Å². The molecule has 1 heterocycles. The van der Waals surface area contributed by atoms with Gasteiger partial charge >= 0.3 is 0 Å². The highest BCUT2D eigenvalue weighted by Gasteiger charge is 2.29. The summed E-state index contributed by atoms with van der Waals surface area (Å²) in [6.07, 6.45) is 1.61. The Morgan fingerprint density at radius 2 is 1.85 bits per heavy atom. The second kappa shape index (κ2) is 7.64. The number of anilines is 1. The third-order valence-corrected chi connectivity index (χ3v) is 7.12. The summed E-state index contributed by atoms with van der Waals surface area (Å²) in [5.41, 5.74) is 0.359. The van der Waals surface area contributed by atoms with Crippen molar-refractivity contribution in [3.8, 4) is 0 Å². The SMILES string of the molecule is O=C(Nc1ccc(Cl)c(S(=O)(=O)N2CCCC2)c1)c1cc(F)ccc1Br. The van der Waals surface area contributed by atoms with Gasteiger partial charge in [-0.25, -0.2) is 12.8 Å². The van der Waals surface area contributed by atoms with Crippen LogP contribution in [-0.4, -0.2) is 31.7 Å². The lowest BCUT2D eigenvalue weighted by atomic mass is 10.2. The third kappa shape index (κ3) is 3.93. The summed E-state index contributed by atoms with van der Waals surface area (Å²) in [4.78, 5) is 12.3. The Balaban J connectivity index is 1.90. The molecule has 1 amide bonds. The van der Waals surface area contributed by atoms with Crippen LogP contribution in [0.3, 0.4) is 0 Å². The maximum absolute atomic E-state index is 13.4. The lowest BCUT2D eigenvalue weighted by Crippen LogP contribution is -2.28. The first-order chi connectivity index (χ1) is 12.3. The Kier molecular flexibility index (Phi) is 5.67. The number of benzene rings is 2. The zero-order valence-electron chi connectivity index (χ0n) is 13.5. The van der Waals surface area contributed by atoms with E-state index in [-0.39, 0.29) is 21.2 Å². The number of hydrogen-bond donors (Lipinski definition) is 1. The molecule has 0 atom stereocenters. The Bertz CT molecular complexity index is 962. The van der Waals surface area contributed by atoms with Crippen molar-refractivity contribution in [3.63, 3.8) is 0 Å². The van der Waals surface area contributed by atoms with Gasteiger partial charge in [0.05, 0.1) is 10.6 Å². The predicted molar refractivity (Wildman–Crippen MR) is 101 cm³/mol. The summed E-state index contributed by atoms with van der Waals surface area (Å²) >= 11 is 9.28. The first kappa shape index (κ1) is 19.3. The number of carbonyl (C=O) groups excluding carboxylic acids is 1. The van der Waals surface area contributed by atoms with Gasteiger partial charge < -0.3 is 5.32 Å². The molecule has 0 saturated carbocycles. The maximum atomic E-state index is 13.4. The number of rotatable bonds is 4. The van der Waals surface area contributed by atoms with E-state index in [2.05, 4.69) is 21.2 Å². The van der Waals surface area contributed by atoms with E-state index in [0.29, 0.717) is 17.6 Å². The van der Waals surface area contributed by atoms with Crippen molar-refractivity contribution in [2.45, 2.75) is 17.7 Å². The highest BCUT2D eigenvalue weighted by Crippen LogP contribution is 2.30. The van der Waals surface area contributed by atoms with Crippen molar-refractivity contribution in [1.29, 1.82) is 0 Å². The monoisotopic (exact) mass is 460 g/mol. The number of carbonyl (C=O) groups is 1. The molecule has 0 aliphatic carbocycles. The van der Waals surface area contributed by atoms with E-state index in [0.717, 1.165) is 18.9 Å². The predicted octanol–water partition coefficient (Wildman–Crippen LogP) is 4.28. The van der Waals surface area contributed by atoms with Crippen molar-refractivity contribution >= 4 is 49.1 Å². The summed E-state index contributed by atoms with van der Waals surface area (Å²) in [7, 11) is -3.73. The van der Waals surface area contributed by atoms with Gasteiger partial charge in [-0.05, 0) is 65.2 Å². The molecule has 0 radical (unpaired) electrons. The number of halogens is 3. The van der Waals surface area contributed by atoms with E-state index in [9.17, 15) is 17.6 Å². The number of nitrogens with one attached hydrogen (secondary N) is 1. The molecule has 9 heteroatoms. The van der Waals surface area contributed by atoms with Crippen LogP contribution in [0.25, 0.3) is 0 Å². The van der Waals surface area contributed by atoms with Gasteiger partial charge in [0.25, 0.3) is 5.91 Å². The zero-order valence-corrected chi connectivity index (χ0v) is 16.7. The van der Waals surface area contributed by atoms with Gasteiger partial charge in [-0.3, -0.25) is 4.79 Å². The number of hydrogen-bond acceptors (Lipinski definition) is 3. The lowest BCUT2D eigenvalue weighted by molar-refractivity contribution is 0.102. The van der Waals surface area contributed by atoms with Crippen LogP contribution in [0.1, 0.15) is 23.2 Å². The number of sulfonamides is 1. The van der Waals surface area contributed by atoms with E-state index in [1.54, 1.807) is 0 Å². The van der Waals surface area contributed by atoms with E-state index >= 15 is 0 Å². The molecular weight excluding hydrogens is 447 g/mol. The second-order valence-corrected chi connectivity index (χ2v) is 9.00. The first-order valence-corrected chi connectivity index (χ1v) is 10.5. The van der Waals surface area contributed by atoms with Crippen molar-refractivity contribution in [3.05, 3.63) is 57.3 Å². The standard InChI is InChI=1S/C17H15BrClFN2O3S/c18-14-5-3-11(20)9-13(14)17(23)21-12-4-6-15(19)16(10-12)26(24,25)22-7-1-2-8-22/h3-6,9-10H,1-2,7-8H2,(H,21,23). The Labute approximate surface area is 164 Å². The number of amides is 1. The highest BCUT2D eigenvalue weighted by atomic mass is 79.9. The second-order valence-electron chi connectivity index (χ2n) is 5.83. The molecule has 0 aromatic heterocycles. The van der Waals surface area contributed by atoms with Crippen LogP contribution < -0.4 is 5.32 Å². The highest BCUT2D eigenvalue weighted by molar-refractivity contribution is 9.10. The molecule has 2 aromatic rings. The van der Waals surface area contributed by atoms with Crippen LogP contribution in [0.15, 0.2) is 45.8 Å². The summed E-state index contributed by atoms with van der Waals surface area (Å²) in [6, 6.07) is 7.98. The summed E-state index contributed by atoms with van der Waals surface area (Å²) < 4.78 is 40.7. The molecule has 26 heavy (non-hydrogen) atoms. The molecule has 5 nitrogen and oxygen atoms in total. The van der Waals surface area contributed by atoms with Crippen LogP contribution in [0, 0.1) is 5.82 Å². The average Bonchev–Trinajstić information content (AvgIpc) is 3.14. The minimum Gasteiger partial charge on any atom is -0.322 e. The number of nitrogens with zero attached hydrogens (tertiary/aromatic N) is 1. The summed E-state index contributed by atoms with van der Waals surface area (Å²) in [6.45, 7) is 0.900. The molecule has 2 aromatic carbocycles. The molecule has 0 spiro atoms. The normalized spacial score (nSPS) is 15.2. The fourth-order valence-electron chi connectivity index (χ4n) is 2.72. The van der Waals surface area contributed by atoms with Gasteiger partial charge in [-0.1, -0.05) is 11.6 Å². The molecule has 1 aliphatic heterocycles. The van der Waals surface area contributed by atoms with Crippen LogP contribution in [-0.2, 0) is 10.0 Å². The molecule has 1 saturated heterocycles. The Morgan fingerprint density at radius 3 is 2.54 bits per heavy atom. The molecular formula is C17H15BrClFN2O3S. The maximum Gasteiger partial charge on any atom is 0.256 e. The lowest BCUT2D eigenvalue weighted by Gasteiger charge is -2.17. The Morgan fingerprint density at radius 1 is 1.15 bits per heavy atom. The molecule has 0 unspecified atom stereocenters. The summed E-state index contributed by atoms with van der Waals surface area (Å²) in [5, 5.41) is 2.66. The molecule has 138 valence electrons. The fraction of sp³-hybridized carbons (Fsp3) is 0.235. The minimum absolute atomic E-state index is 0.0582. The molecule has 1 aliphatic rings. The van der Waals surface area contributed by atoms with Gasteiger partial charge in [0.1, 0.15) is 10.7 Å². The molecule has 3 rings (SSSR count). The van der Waals surface area contributed by atoms with Gasteiger partial charge in [-0.2, -0.15) is 4.31 Å². The van der Waals surface area contributed by atoms with E-state index in [1.807, 2.05) is 0 Å². The quantitative estimate of drug-likeness (QED) is 0.739. The summed E-state index contributed by atoms with van der Waals surface area (Å²) in [5.74, 6) is -1.12. The molecule has 0 bridgehead atoms. The average molecular weight is 462 g/mol. The first-order valence-electron chi connectivity index (χ1n) is 7.85.